The van der Waals surface area contributed by atoms with Crippen LogP contribution in [0.4, 0.5) is 11.4 Å². The van der Waals surface area contributed by atoms with Gasteiger partial charge in [-0.3, -0.25) is 4.72 Å². The van der Waals surface area contributed by atoms with Crippen molar-refractivity contribution in [1.29, 1.82) is 0 Å². The fourth-order valence-corrected chi connectivity index (χ4v) is 5.03. The van der Waals surface area contributed by atoms with E-state index >= 15 is 0 Å². The number of hydrogen-bond acceptors (Lipinski definition) is 4. The summed E-state index contributed by atoms with van der Waals surface area (Å²) in [5.41, 5.74) is 1.64. The quantitative estimate of drug-likeness (QED) is 0.791. The molecule has 2 aromatic carbocycles. The summed E-state index contributed by atoms with van der Waals surface area (Å²) in [6, 6.07) is 14.3. The van der Waals surface area contributed by atoms with Crippen molar-refractivity contribution in [2.45, 2.75) is 23.8 Å². The average Bonchev–Trinajstić information content (AvgIpc) is 2.62. The van der Waals surface area contributed by atoms with Crippen LogP contribution in [0, 0.1) is 0 Å². The van der Waals surface area contributed by atoms with Gasteiger partial charge < -0.3 is 9.64 Å². The van der Waals surface area contributed by atoms with Gasteiger partial charge in [-0.05, 0) is 65.2 Å². The minimum Gasteiger partial charge on any atom is -0.381 e. The summed E-state index contributed by atoms with van der Waals surface area (Å²) in [5.74, 6) is 0. The van der Waals surface area contributed by atoms with Gasteiger partial charge in [0, 0.05) is 36.0 Å². The van der Waals surface area contributed by atoms with Gasteiger partial charge in [-0.15, -0.1) is 0 Å². The van der Waals surface area contributed by atoms with E-state index in [4.69, 9.17) is 4.74 Å². The molecule has 0 amide bonds. The van der Waals surface area contributed by atoms with Gasteiger partial charge in [0.05, 0.1) is 6.10 Å². The molecule has 7 heteroatoms. The van der Waals surface area contributed by atoms with Crippen LogP contribution in [-0.2, 0) is 14.8 Å². The standard InChI is InChI=1S/C18H21BrN2O3S/c1-24-16-10-12-21(13-11-16)15-8-6-14(7-9-15)20-25(22,23)18-5-3-2-4-17(18)19/h2-9,16,20H,10-13H2,1H3. The van der Waals surface area contributed by atoms with Gasteiger partial charge in [0.25, 0.3) is 10.0 Å². The maximum atomic E-state index is 12.5. The molecule has 0 saturated carbocycles. The van der Waals surface area contributed by atoms with Crippen LogP contribution in [0.3, 0.4) is 0 Å². The Balaban J connectivity index is 1.70. The van der Waals surface area contributed by atoms with Crippen LogP contribution < -0.4 is 9.62 Å². The molecule has 0 spiro atoms. The average molecular weight is 425 g/mol. The maximum absolute atomic E-state index is 12.5. The molecule has 1 saturated heterocycles. The van der Waals surface area contributed by atoms with E-state index in [2.05, 4.69) is 25.6 Å². The number of halogens is 1. The molecule has 2 aromatic rings. The van der Waals surface area contributed by atoms with E-state index in [1.165, 1.54) is 0 Å². The maximum Gasteiger partial charge on any atom is 0.263 e. The predicted molar refractivity (Wildman–Crippen MR) is 104 cm³/mol. The van der Waals surface area contributed by atoms with E-state index in [0.717, 1.165) is 31.6 Å². The van der Waals surface area contributed by atoms with Gasteiger partial charge in [-0.1, -0.05) is 12.1 Å². The van der Waals surface area contributed by atoms with E-state index < -0.39 is 10.0 Å². The van der Waals surface area contributed by atoms with Crippen molar-refractivity contribution in [3.05, 3.63) is 53.0 Å². The van der Waals surface area contributed by atoms with Crippen LogP contribution in [0.5, 0.6) is 0 Å². The highest BCUT2D eigenvalue weighted by atomic mass is 79.9. The number of piperidine rings is 1. The normalized spacial score (nSPS) is 16.0. The molecule has 1 aliphatic heterocycles. The number of rotatable bonds is 5. The summed E-state index contributed by atoms with van der Waals surface area (Å²) in [7, 11) is -1.86. The molecule has 0 aromatic heterocycles. The molecule has 0 unspecified atom stereocenters. The van der Waals surface area contributed by atoms with Crippen molar-refractivity contribution in [1.82, 2.24) is 0 Å². The van der Waals surface area contributed by atoms with Crippen molar-refractivity contribution in [2.24, 2.45) is 0 Å². The summed E-state index contributed by atoms with van der Waals surface area (Å²) in [6.45, 7) is 1.89. The number of anilines is 2. The zero-order valence-corrected chi connectivity index (χ0v) is 16.4. The van der Waals surface area contributed by atoms with Crippen LogP contribution in [0.15, 0.2) is 57.9 Å². The topological polar surface area (TPSA) is 58.6 Å². The van der Waals surface area contributed by atoms with Crippen molar-refractivity contribution >= 4 is 37.3 Å². The Hall–Kier alpha value is -1.57. The van der Waals surface area contributed by atoms with Gasteiger partial charge in [-0.2, -0.15) is 0 Å². The highest BCUT2D eigenvalue weighted by Gasteiger charge is 2.20. The van der Waals surface area contributed by atoms with Crippen molar-refractivity contribution < 1.29 is 13.2 Å². The van der Waals surface area contributed by atoms with E-state index in [-0.39, 0.29) is 4.90 Å². The first-order valence-corrected chi connectivity index (χ1v) is 10.4. The van der Waals surface area contributed by atoms with E-state index in [1.807, 2.05) is 12.1 Å². The van der Waals surface area contributed by atoms with E-state index in [1.54, 1.807) is 43.5 Å². The lowest BCUT2D eigenvalue weighted by Crippen LogP contribution is -2.36. The Morgan fingerprint density at radius 3 is 2.32 bits per heavy atom. The molecule has 134 valence electrons. The molecule has 1 heterocycles. The summed E-state index contributed by atoms with van der Waals surface area (Å²) in [6.07, 6.45) is 2.35. The molecule has 0 bridgehead atoms. The first-order chi connectivity index (χ1) is 12.0. The predicted octanol–water partition coefficient (Wildman–Crippen LogP) is 3.87. The van der Waals surface area contributed by atoms with Crippen molar-refractivity contribution in [3.63, 3.8) is 0 Å². The summed E-state index contributed by atoms with van der Waals surface area (Å²) in [5, 5.41) is 0. The number of nitrogens with zero attached hydrogens (tertiary/aromatic N) is 1. The molecule has 5 nitrogen and oxygen atoms in total. The van der Waals surface area contributed by atoms with Crippen LogP contribution in [-0.4, -0.2) is 34.7 Å². The number of hydrogen-bond donors (Lipinski definition) is 1. The zero-order chi connectivity index (χ0) is 17.9. The van der Waals surface area contributed by atoms with Crippen molar-refractivity contribution in [3.8, 4) is 0 Å². The number of nitrogens with one attached hydrogen (secondary N) is 1. The Bertz CT molecular complexity index is 816. The third-order valence-electron chi connectivity index (χ3n) is 4.39. The highest BCUT2D eigenvalue weighted by molar-refractivity contribution is 9.10. The third-order valence-corrected chi connectivity index (χ3v) is 6.78. The second-order valence-electron chi connectivity index (χ2n) is 6.00. The lowest BCUT2D eigenvalue weighted by atomic mass is 10.1. The summed E-state index contributed by atoms with van der Waals surface area (Å²) < 4.78 is 33.6. The molecule has 25 heavy (non-hydrogen) atoms. The van der Waals surface area contributed by atoms with Crippen LogP contribution in [0.2, 0.25) is 0 Å². The fourth-order valence-electron chi connectivity index (χ4n) is 2.96. The van der Waals surface area contributed by atoms with Gasteiger partial charge >= 0.3 is 0 Å². The van der Waals surface area contributed by atoms with Crippen LogP contribution in [0.1, 0.15) is 12.8 Å². The Labute approximate surface area is 157 Å². The molecule has 0 radical (unpaired) electrons. The lowest BCUT2D eigenvalue weighted by Gasteiger charge is -2.33. The number of ether oxygens (including phenoxy) is 1. The number of sulfonamides is 1. The first-order valence-electron chi connectivity index (χ1n) is 8.15. The number of methoxy groups -OCH3 is 1. The molecule has 0 aliphatic carbocycles. The van der Waals surface area contributed by atoms with Gasteiger partial charge in [0.15, 0.2) is 0 Å². The van der Waals surface area contributed by atoms with Crippen LogP contribution >= 0.6 is 15.9 Å². The largest absolute Gasteiger partial charge is 0.381 e. The highest BCUT2D eigenvalue weighted by Crippen LogP contribution is 2.26. The third kappa shape index (κ3) is 4.34. The second kappa shape index (κ2) is 7.76. The smallest absolute Gasteiger partial charge is 0.263 e. The molecular weight excluding hydrogens is 404 g/mol. The minimum absolute atomic E-state index is 0.223. The Kier molecular flexibility index (Phi) is 5.66. The van der Waals surface area contributed by atoms with E-state index in [9.17, 15) is 8.42 Å². The van der Waals surface area contributed by atoms with Crippen molar-refractivity contribution in [2.75, 3.05) is 29.8 Å². The lowest BCUT2D eigenvalue weighted by molar-refractivity contribution is 0.0819. The second-order valence-corrected chi connectivity index (χ2v) is 8.51. The Morgan fingerprint density at radius 1 is 1.08 bits per heavy atom. The van der Waals surface area contributed by atoms with Gasteiger partial charge in [0.2, 0.25) is 0 Å². The van der Waals surface area contributed by atoms with Gasteiger partial charge in [-0.25, -0.2) is 8.42 Å². The molecule has 1 aliphatic rings. The summed E-state index contributed by atoms with van der Waals surface area (Å²) in [4.78, 5) is 2.52. The van der Waals surface area contributed by atoms with Gasteiger partial charge in [0.1, 0.15) is 4.90 Å². The molecular formula is C18H21BrN2O3S. The van der Waals surface area contributed by atoms with E-state index in [0.29, 0.717) is 16.3 Å². The summed E-state index contributed by atoms with van der Waals surface area (Å²) >= 11 is 3.28. The molecule has 3 rings (SSSR count). The molecule has 1 N–H and O–H groups in total. The Morgan fingerprint density at radius 2 is 1.72 bits per heavy atom. The minimum atomic E-state index is -3.62. The monoisotopic (exact) mass is 424 g/mol. The SMILES string of the molecule is COC1CCN(c2ccc(NS(=O)(=O)c3ccccc3Br)cc2)CC1. The fraction of sp³-hybridized carbons (Fsp3) is 0.333. The zero-order valence-electron chi connectivity index (χ0n) is 14.0. The van der Waals surface area contributed by atoms with Crippen LogP contribution in [0.25, 0.3) is 0 Å². The molecule has 1 fully saturated rings. The number of benzene rings is 2. The first kappa shape index (κ1) is 18.2. The molecule has 0 atom stereocenters.